The summed E-state index contributed by atoms with van der Waals surface area (Å²) in [4.78, 5) is 28.5. The van der Waals surface area contributed by atoms with Crippen molar-refractivity contribution in [2.45, 2.75) is 33.1 Å². The number of rotatable bonds is 6. The van der Waals surface area contributed by atoms with Crippen LogP contribution in [0.2, 0.25) is 0 Å². The van der Waals surface area contributed by atoms with Gasteiger partial charge in [-0.15, -0.1) is 0 Å². The summed E-state index contributed by atoms with van der Waals surface area (Å²) in [5, 5.41) is 2.93. The van der Waals surface area contributed by atoms with Crippen molar-refractivity contribution in [3.8, 4) is 0 Å². The van der Waals surface area contributed by atoms with Gasteiger partial charge in [-0.25, -0.2) is 4.79 Å². The van der Waals surface area contributed by atoms with E-state index in [1.807, 2.05) is 36.4 Å². The van der Waals surface area contributed by atoms with Crippen LogP contribution in [0.3, 0.4) is 0 Å². The largest absolute Gasteiger partial charge is 0.325 e. The summed E-state index contributed by atoms with van der Waals surface area (Å²) in [7, 11) is 0. The quantitative estimate of drug-likeness (QED) is 0.832. The van der Waals surface area contributed by atoms with Gasteiger partial charge in [0.2, 0.25) is 5.91 Å². The molecule has 142 valence electrons. The molecule has 1 heterocycles. The number of aryl methyl sites for hydroxylation is 1. The van der Waals surface area contributed by atoms with Gasteiger partial charge in [-0.2, -0.15) is 0 Å². The highest BCUT2D eigenvalue weighted by molar-refractivity contribution is 5.99. The van der Waals surface area contributed by atoms with Gasteiger partial charge in [-0.3, -0.25) is 9.69 Å². The Bertz CT molecular complexity index is 815. The third kappa shape index (κ3) is 4.30. The maximum absolute atomic E-state index is 12.7. The van der Waals surface area contributed by atoms with Crippen molar-refractivity contribution in [2.75, 3.05) is 29.9 Å². The van der Waals surface area contributed by atoms with Crippen molar-refractivity contribution < 1.29 is 9.59 Å². The molecule has 1 saturated heterocycles. The fraction of sp³-hybridized carbons (Fsp3) is 0.364. The Balaban J connectivity index is 1.62. The van der Waals surface area contributed by atoms with E-state index in [9.17, 15) is 9.59 Å². The van der Waals surface area contributed by atoms with Crippen LogP contribution in [0.25, 0.3) is 0 Å². The number of anilines is 2. The van der Waals surface area contributed by atoms with Crippen LogP contribution in [0, 0.1) is 0 Å². The molecular weight excluding hydrogens is 338 g/mol. The summed E-state index contributed by atoms with van der Waals surface area (Å²) in [6.07, 6.45) is 0.846. The smallest absolute Gasteiger partial charge is 0.324 e. The maximum Gasteiger partial charge on any atom is 0.325 e. The molecule has 0 aliphatic carbocycles. The number of benzene rings is 2. The Morgan fingerprint density at radius 1 is 1.07 bits per heavy atom. The highest BCUT2D eigenvalue weighted by Crippen LogP contribution is 2.23. The average molecular weight is 365 g/mol. The first-order valence-corrected chi connectivity index (χ1v) is 9.53. The lowest BCUT2D eigenvalue weighted by Gasteiger charge is -2.19. The van der Waals surface area contributed by atoms with E-state index in [1.54, 1.807) is 9.80 Å². The SMILES string of the molecule is CCc1ccccc1NC(=O)CN1CCN(c2ccc(C(C)C)cc2)C1=O. The van der Waals surface area contributed by atoms with E-state index in [-0.39, 0.29) is 18.5 Å². The molecule has 0 saturated carbocycles. The molecule has 27 heavy (non-hydrogen) atoms. The van der Waals surface area contributed by atoms with Crippen LogP contribution in [0.5, 0.6) is 0 Å². The lowest BCUT2D eigenvalue weighted by molar-refractivity contribution is -0.116. The highest BCUT2D eigenvalue weighted by Gasteiger charge is 2.30. The predicted octanol–water partition coefficient (Wildman–Crippen LogP) is 4.25. The van der Waals surface area contributed by atoms with E-state index in [4.69, 9.17) is 0 Å². The Labute approximate surface area is 161 Å². The van der Waals surface area contributed by atoms with Crippen LogP contribution >= 0.6 is 0 Å². The Hall–Kier alpha value is -2.82. The van der Waals surface area contributed by atoms with Crippen LogP contribution in [-0.2, 0) is 11.2 Å². The first-order valence-electron chi connectivity index (χ1n) is 9.53. The summed E-state index contributed by atoms with van der Waals surface area (Å²) in [5.41, 5.74) is 4.03. The van der Waals surface area contributed by atoms with Crippen molar-refractivity contribution >= 4 is 23.3 Å². The summed E-state index contributed by atoms with van der Waals surface area (Å²) in [6, 6.07) is 15.7. The first kappa shape index (κ1) is 19.0. The number of nitrogens with zero attached hydrogens (tertiary/aromatic N) is 2. The summed E-state index contributed by atoms with van der Waals surface area (Å²) < 4.78 is 0. The van der Waals surface area contributed by atoms with Crippen LogP contribution in [0.15, 0.2) is 48.5 Å². The molecule has 0 bridgehead atoms. The third-order valence-electron chi connectivity index (χ3n) is 4.97. The van der Waals surface area contributed by atoms with Gasteiger partial charge < -0.3 is 10.2 Å². The lowest BCUT2D eigenvalue weighted by Crippen LogP contribution is -2.37. The Morgan fingerprint density at radius 2 is 1.78 bits per heavy atom. The van der Waals surface area contributed by atoms with Gasteiger partial charge >= 0.3 is 6.03 Å². The van der Waals surface area contributed by atoms with Crippen LogP contribution < -0.4 is 10.2 Å². The van der Waals surface area contributed by atoms with E-state index in [0.29, 0.717) is 19.0 Å². The van der Waals surface area contributed by atoms with E-state index < -0.39 is 0 Å². The van der Waals surface area contributed by atoms with Gasteiger partial charge in [-0.05, 0) is 41.7 Å². The van der Waals surface area contributed by atoms with Crippen molar-refractivity contribution in [2.24, 2.45) is 0 Å². The first-order chi connectivity index (χ1) is 13.0. The van der Waals surface area contributed by atoms with Crippen LogP contribution in [0.4, 0.5) is 16.2 Å². The van der Waals surface area contributed by atoms with Gasteiger partial charge in [0, 0.05) is 24.5 Å². The molecule has 0 spiro atoms. The number of urea groups is 1. The molecule has 5 heteroatoms. The molecule has 1 aliphatic heterocycles. The number of nitrogens with one attached hydrogen (secondary N) is 1. The molecule has 1 aliphatic rings. The number of hydrogen-bond donors (Lipinski definition) is 1. The van der Waals surface area contributed by atoms with Crippen LogP contribution in [0.1, 0.15) is 37.8 Å². The van der Waals surface area contributed by atoms with E-state index >= 15 is 0 Å². The maximum atomic E-state index is 12.7. The molecule has 5 nitrogen and oxygen atoms in total. The zero-order valence-corrected chi connectivity index (χ0v) is 16.2. The minimum Gasteiger partial charge on any atom is -0.324 e. The highest BCUT2D eigenvalue weighted by atomic mass is 16.2. The fourth-order valence-corrected chi connectivity index (χ4v) is 3.32. The second-order valence-electron chi connectivity index (χ2n) is 7.16. The minimum absolute atomic E-state index is 0.0669. The number of hydrogen-bond acceptors (Lipinski definition) is 2. The molecule has 0 atom stereocenters. The molecule has 0 aromatic heterocycles. The van der Waals surface area contributed by atoms with E-state index in [1.165, 1.54) is 5.56 Å². The topological polar surface area (TPSA) is 52.7 Å². The summed E-state index contributed by atoms with van der Waals surface area (Å²) in [5.74, 6) is 0.292. The molecule has 2 aromatic rings. The van der Waals surface area contributed by atoms with Crippen molar-refractivity contribution in [1.82, 2.24) is 4.90 Å². The molecule has 3 rings (SSSR count). The molecule has 0 radical (unpaired) electrons. The Morgan fingerprint density at radius 3 is 2.44 bits per heavy atom. The number of carbonyl (C=O) groups is 2. The summed E-state index contributed by atoms with van der Waals surface area (Å²) in [6.45, 7) is 7.56. The number of carbonyl (C=O) groups excluding carboxylic acids is 2. The molecular formula is C22H27N3O2. The van der Waals surface area contributed by atoms with Gasteiger partial charge in [0.1, 0.15) is 6.54 Å². The van der Waals surface area contributed by atoms with Gasteiger partial charge in [0.25, 0.3) is 0 Å². The predicted molar refractivity (Wildman–Crippen MR) is 109 cm³/mol. The molecule has 1 fully saturated rings. The zero-order valence-electron chi connectivity index (χ0n) is 16.2. The van der Waals surface area contributed by atoms with Crippen molar-refractivity contribution in [3.05, 3.63) is 59.7 Å². The fourth-order valence-electron chi connectivity index (χ4n) is 3.32. The van der Waals surface area contributed by atoms with Crippen molar-refractivity contribution in [3.63, 3.8) is 0 Å². The van der Waals surface area contributed by atoms with Gasteiger partial charge in [0.05, 0.1) is 0 Å². The second kappa shape index (κ2) is 8.25. The molecule has 3 amide bonds. The minimum atomic E-state index is -0.166. The average Bonchev–Trinajstić information content (AvgIpc) is 3.02. The van der Waals surface area contributed by atoms with E-state index in [2.05, 4.69) is 38.2 Å². The molecule has 1 N–H and O–H groups in total. The number of para-hydroxylation sites is 1. The van der Waals surface area contributed by atoms with Crippen molar-refractivity contribution in [1.29, 1.82) is 0 Å². The number of amides is 3. The monoisotopic (exact) mass is 365 g/mol. The summed E-state index contributed by atoms with van der Waals surface area (Å²) >= 11 is 0. The third-order valence-corrected chi connectivity index (χ3v) is 4.97. The molecule has 2 aromatic carbocycles. The standard InChI is InChI=1S/C22H27N3O2/c1-4-17-7-5-6-8-20(17)23-21(26)15-24-13-14-25(22(24)27)19-11-9-18(10-12-19)16(2)3/h5-12,16H,4,13-15H2,1-3H3,(H,23,26). The normalized spacial score (nSPS) is 14.1. The lowest BCUT2D eigenvalue weighted by atomic mass is 10.0. The zero-order chi connectivity index (χ0) is 19.4. The Kier molecular flexibility index (Phi) is 5.79. The van der Waals surface area contributed by atoms with Gasteiger partial charge in [-0.1, -0.05) is 51.1 Å². The van der Waals surface area contributed by atoms with Gasteiger partial charge in [0.15, 0.2) is 0 Å². The van der Waals surface area contributed by atoms with Crippen LogP contribution in [-0.4, -0.2) is 36.5 Å². The van der Waals surface area contributed by atoms with E-state index in [0.717, 1.165) is 23.4 Å². The second-order valence-corrected chi connectivity index (χ2v) is 7.16. The molecule has 0 unspecified atom stereocenters.